The summed E-state index contributed by atoms with van der Waals surface area (Å²) >= 11 is 0. The molecule has 3 heteroatoms. The number of benzene rings is 2. The Bertz CT molecular complexity index is 703. The third-order valence-corrected chi connectivity index (χ3v) is 3.97. The second-order valence-electron chi connectivity index (χ2n) is 5.87. The minimum Gasteiger partial charge on any atom is -0.460 e. The van der Waals surface area contributed by atoms with E-state index in [0.717, 1.165) is 22.3 Å². The molecule has 2 unspecified atom stereocenters. The van der Waals surface area contributed by atoms with Crippen molar-refractivity contribution < 1.29 is 14.6 Å². The standard InChI is InChI=1S/C20H20O3/c1-13-3-7-15(8-4-13)19(21)17-11-12-18(23-17)20(22)16-9-5-14(2)6-10-16/h3-12,19-22H,1-2H3. The van der Waals surface area contributed by atoms with Crippen LogP contribution >= 0.6 is 0 Å². The minimum absolute atomic E-state index is 0.426. The molecule has 0 bridgehead atoms. The molecular formula is C20H20O3. The first-order valence-electron chi connectivity index (χ1n) is 7.63. The average molecular weight is 308 g/mol. The van der Waals surface area contributed by atoms with E-state index in [-0.39, 0.29) is 0 Å². The molecule has 23 heavy (non-hydrogen) atoms. The summed E-state index contributed by atoms with van der Waals surface area (Å²) in [7, 11) is 0. The summed E-state index contributed by atoms with van der Waals surface area (Å²) in [5, 5.41) is 20.8. The number of aryl methyl sites for hydroxylation is 2. The zero-order chi connectivity index (χ0) is 16.4. The topological polar surface area (TPSA) is 53.6 Å². The maximum atomic E-state index is 10.4. The first-order valence-corrected chi connectivity index (χ1v) is 7.63. The minimum atomic E-state index is -0.838. The highest BCUT2D eigenvalue weighted by molar-refractivity contribution is 5.31. The largest absolute Gasteiger partial charge is 0.460 e. The molecule has 0 spiro atoms. The van der Waals surface area contributed by atoms with Gasteiger partial charge in [0.25, 0.3) is 0 Å². The predicted molar refractivity (Wildman–Crippen MR) is 89.2 cm³/mol. The van der Waals surface area contributed by atoms with Crippen LogP contribution < -0.4 is 0 Å². The predicted octanol–water partition coefficient (Wildman–Crippen LogP) is 4.06. The van der Waals surface area contributed by atoms with Crippen LogP contribution in [0.15, 0.2) is 65.1 Å². The van der Waals surface area contributed by atoms with Gasteiger partial charge in [-0.05, 0) is 37.1 Å². The smallest absolute Gasteiger partial charge is 0.137 e. The fourth-order valence-electron chi connectivity index (χ4n) is 2.49. The molecule has 0 amide bonds. The average Bonchev–Trinajstić information content (AvgIpc) is 3.05. The highest BCUT2D eigenvalue weighted by Gasteiger charge is 2.19. The van der Waals surface area contributed by atoms with Crippen LogP contribution in [0.2, 0.25) is 0 Å². The van der Waals surface area contributed by atoms with Gasteiger partial charge in [-0.1, -0.05) is 59.7 Å². The lowest BCUT2D eigenvalue weighted by Crippen LogP contribution is -1.99. The second kappa shape index (κ2) is 6.41. The lowest BCUT2D eigenvalue weighted by molar-refractivity contribution is 0.159. The molecule has 0 saturated heterocycles. The SMILES string of the molecule is Cc1ccc(C(O)c2ccc(C(O)c3ccc(C)cc3)o2)cc1. The molecule has 0 aliphatic rings. The molecule has 0 saturated carbocycles. The summed E-state index contributed by atoms with van der Waals surface area (Å²) in [4.78, 5) is 0. The van der Waals surface area contributed by atoms with Gasteiger partial charge in [-0.3, -0.25) is 0 Å². The molecule has 2 aromatic carbocycles. The first-order chi connectivity index (χ1) is 11.0. The third kappa shape index (κ3) is 3.36. The van der Waals surface area contributed by atoms with E-state index in [9.17, 15) is 10.2 Å². The summed E-state index contributed by atoms with van der Waals surface area (Å²) in [5.41, 5.74) is 3.80. The van der Waals surface area contributed by atoms with E-state index in [4.69, 9.17) is 4.42 Å². The Balaban J connectivity index is 1.82. The van der Waals surface area contributed by atoms with E-state index in [1.165, 1.54) is 0 Å². The normalized spacial score (nSPS) is 13.7. The van der Waals surface area contributed by atoms with Crippen LogP contribution in [-0.2, 0) is 0 Å². The van der Waals surface area contributed by atoms with Gasteiger partial charge in [0.1, 0.15) is 23.7 Å². The summed E-state index contributed by atoms with van der Waals surface area (Å²) in [6.07, 6.45) is -1.68. The summed E-state index contributed by atoms with van der Waals surface area (Å²) in [6.45, 7) is 4.00. The fourth-order valence-corrected chi connectivity index (χ4v) is 2.49. The van der Waals surface area contributed by atoms with E-state index in [0.29, 0.717) is 11.5 Å². The van der Waals surface area contributed by atoms with Crippen molar-refractivity contribution in [2.24, 2.45) is 0 Å². The van der Waals surface area contributed by atoms with Gasteiger partial charge >= 0.3 is 0 Å². The molecule has 3 rings (SSSR count). The molecule has 2 N–H and O–H groups in total. The van der Waals surface area contributed by atoms with Gasteiger partial charge in [0.2, 0.25) is 0 Å². The Morgan fingerprint density at radius 1 is 0.609 bits per heavy atom. The monoisotopic (exact) mass is 308 g/mol. The van der Waals surface area contributed by atoms with Crippen molar-refractivity contribution in [2.75, 3.05) is 0 Å². The zero-order valence-corrected chi connectivity index (χ0v) is 13.2. The zero-order valence-electron chi connectivity index (χ0n) is 13.2. The number of aliphatic hydroxyl groups excluding tert-OH is 2. The number of hydrogen-bond donors (Lipinski definition) is 2. The lowest BCUT2D eigenvalue weighted by atomic mass is 10.1. The summed E-state index contributed by atoms with van der Waals surface area (Å²) < 4.78 is 5.68. The van der Waals surface area contributed by atoms with E-state index >= 15 is 0 Å². The van der Waals surface area contributed by atoms with Crippen molar-refractivity contribution in [3.05, 3.63) is 94.4 Å². The molecule has 3 nitrogen and oxygen atoms in total. The van der Waals surface area contributed by atoms with Gasteiger partial charge in [0.05, 0.1) is 0 Å². The van der Waals surface area contributed by atoms with Crippen molar-refractivity contribution >= 4 is 0 Å². The van der Waals surface area contributed by atoms with E-state index in [1.807, 2.05) is 62.4 Å². The van der Waals surface area contributed by atoms with E-state index in [2.05, 4.69) is 0 Å². The van der Waals surface area contributed by atoms with Crippen LogP contribution in [0.3, 0.4) is 0 Å². The molecule has 0 fully saturated rings. The molecule has 0 aliphatic carbocycles. The maximum Gasteiger partial charge on any atom is 0.137 e. The van der Waals surface area contributed by atoms with E-state index < -0.39 is 12.2 Å². The highest BCUT2D eigenvalue weighted by atomic mass is 16.4. The van der Waals surface area contributed by atoms with Gasteiger partial charge in [-0.15, -0.1) is 0 Å². The molecule has 1 heterocycles. The van der Waals surface area contributed by atoms with Crippen LogP contribution in [-0.4, -0.2) is 10.2 Å². The van der Waals surface area contributed by atoms with Crippen LogP contribution in [0.25, 0.3) is 0 Å². The van der Waals surface area contributed by atoms with Crippen molar-refractivity contribution in [1.29, 1.82) is 0 Å². The van der Waals surface area contributed by atoms with Crippen LogP contribution in [0.4, 0.5) is 0 Å². The Kier molecular flexibility index (Phi) is 4.33. The van der Waals surface area contributed by atoms with Gasteiger partial charge in [0.15, 0.2) is 0 Å². The first kappa shape index (κ1) is 15.5. The maximum absolute atomic E-state index is 10.4. The molecular weight excluding hydrogens is 288 g/mol. The Labute approximate surface area is 135 Å². The highest BCUT2D eigenvalue weighted by Crippen LogP contribution is 2.29. The Morgan fingerprint density at radius 3 is 1.30 bits per heavy atom. The van der Waals surface area contributed by atoms with Crippen LogP contribution in [0.5, 0.6) is 0 Å². The summed E-state index contributed by atoms with van der Waals surface area (Å²) in [5.74, 6) is 0.852. The van der Waals surface area contributed by atoms with Gasteiger partial charge in [-0.25, -0.2) is 0 Å². The fraction of sp³-hybridized carbons (Fsp3) is 0.200. The molecule has 2 atom stereocenters. The molecule has 0 aliphatic heterocycles. The molecule has 118 valence electrons. The molecule has 0 radical (unpaired) electrons. The van der Waals surface area contributed by atoms with Gasteiger partial charge in [0, 0.05) is 0 Å². The van der Waals surface area contributed by atoms with Crippen molar-refractivity contribution in [1.82, 2.24) is 0 Å². The van der Waals surface area contributed by atoms with Crippen molar-refractivity contribution in [3.63, 3.8) is 0 Å². The lowest BCUT2D eigenvalue weighted by Gasteiger charge is -2.10. The van der Waals surface area contributed by atoms with E-state index in [1.54, 1.807) is 12.1 Å². The second-order valence-corrected chi connectivity index (χ2v) is 5.87. The molecule has 3 aromatic rings. The van der Waals surface area contributed by atoms with Crippen molar-refractivity contribution in [2.45, 2.75) is 26.1 Å². The number of hydrogen-bond acceptors (Lipinski definition) is 3. The Hall–Kier alpha value is -2.36. The van der Waals surface area contributed by atoms with Gasteiger partial charge < -0.3 is 14.6 Å². The van der Waals surface area contributed by atoms with Crippen LogP contribution in [0.1, 0.15) is 46.0 Å². The van der Waals surface area contributed by atoms with Crippen molar-refractivity contribution in [3.8, 4) is 0 Å². The van der Waals surface area contributed by atoms with Crippen LogP contribution in [0, 0.1) is 13.8 Å². The van der Waals surface area contributed by atoms with Gasteiger partial charge in [-0.2, -0.15) is 0 Å². The number of furan rings is 1. The Morgan fingerprint density at radius 2 is 0.957 bits per heavy atom. The summed E-state index contributed by atoms with van der Waals surface area (Å²) in [6, 6.07) is 18.7. The number of aliphatic hydroxyl groups is 2. The third-order valence-electron chi connectivity index (χ3n) is 3.97. The quantitative estimate of drug-likeness (QED) is 0.764. The number of rotatable bonds is 4. The molecule has 1 aromatic heterocycles.